The lowest BCUT2D eigenvalue weighted by atomic mass is 10.1. The molecule has 0 aliphatic carbocycles. The molecule has 3 aromatic rings. The van der Waals surface area contributed by atoms with Crippen molar-refractivity contribution in [2.45, 2.75) is 11.2 Å². The third kappa shape index (κ3) is 4.54. The molecule has 2 nitrogen and oxygen atoms in total. The molecule has 6 heteroatoms. The second kappa shape index (κ2) is 8.33. The first-order chi connectivity index (χ1) is 12.0. The van der Waals surface area contributed by atoms with Gasteiger partial charge in [0.05, 0.1) is 8.95 Å². The largest absolute Gasteiger partial charge is 0.423 e. The van der Waals surface area contributed by atoms with Gasteiger partial charge in [-0.3, -0.25) is 4.79 Å². The average molecular weight is 592 g/mol. The van der Waals surface area contributed by atoms with Crippen LogP contribution in [0, 0.1) is 0 Å². The molecule has 3 aromatic carbocycles. The summed E-state index contributed by atoms with van der Waals surface area (Å²) in [5.74, 6) is 0.152. The van der Waals surface area contributed by atoms with Gasteiger partial charge < -0.3 is 4.74 Å². The predicted octanol–water partition coefficient (Wildman–Crippen LogP) is 7.04. The Morgan fingerprint density at radius 2 is 1.72 bits per heavy atom. The first-order valence-electron chi connectivity index (χ1n) is 7.42. The Hall–Kier alpha value is -0.690. The number of ether oxygens (including phenoxy) is 1. The van der Waals surface area contributed by atoms with Crippen molar-refractivity contribution < 1.29 is 9.53 Å². The molecular formula is C19H12Br4O2. The molecule has 1 atom stereocenters. The SMILES string of the molecule is O=C(Oc1c(Br)cc2cc(Br)ccc2c1Br)[C@@H](Br)Cc1ccccc1. The maximum absolute atomic E-state index is 12.5. The smallest absolute Gasteiger partial charge is 0.325 e. The van der Waals surface area contributed by atoms with Crippen LogP contribution in [0.5, 0.6) is 5.75 Å². The van der Waals surface area contributed by atoms with Crippen LogP contribution in [0.25, 0.3) is 10.8 Å². The van der Waals surface area contributed by atoms with Gasteiger partial charge in [0.25, 0.3) is 0 Å². The van der Waals surface area contributed by atoms with E-state index in [9.17, 15) is 4.79 Å². The van der Waals surface area contributed by atoms with Crippen LogP contribution in [0.2, 0.25) is 0 Å². The Kier molecular flexibility index (Phi) is 6.36. The van der Waals surface area contributed by atoms with Crippen LogP contribution >= 0.6 is 63.7 Å². The zero-order valence-corrected chi connectivity index (χ0v) is 19.2. The number of fused-ring (bicyclic) bond motifs is 1. The maximum Gasteiger partial charge on any atom is 0.325 e. The van der Waals surface area contributed by atoms with Crippen molar-refractivity contribution >= 4 is 80.5 Å². The number of alkyl halides is 1. The van der Waals surface area contributed by atoms with E-state index in [4.69, 9.17) is 4.74 Å². The van der Waals surface area contributed by atoms with E-state index in [-0.39, 0.29) is 5.97 Å². The zero-order chi connectivity index (χ0) is 18.0. The van der Waals surface area contributed by atoms with Crippen LogP contribution in [0.1, 0.15) is 5.56 Å². The molecule has 0 aliphatic heterocycles. The van der Waals surface area contributed by atoms with Gasteiger partial charge in [-0.2, -0.15) is 0 Å². The lowest BCUT2D eigenvalue weighted by Crippen LogP contribution is -2.22. The van der Waals surface area contributed by atoms with Gasteiger partial charge in [-0.25, -0.2) is 0 Å². The second-order valence-electron chi connectivity index (χ2n) is 5.45. The number of carbonyl (C=O) groups excluding carboxylic acids is 1. The van der Waals surface area contributed by atoms with Crippen molar-refractivity contribution in [1.82, 2.24) is 0 Å². The van der Waals surface area contributed by atoms with Crippen LogP contribution < -0.4 is 4.74 Å². The van der Waals surface area contributed by atoms with Crippen molar-refractivity contribution in [3.8, 4) is 5.75 Å². The summed E-state index contributed by atoms with van der Waals surface area (Å²) in [6, 6.07) is 17.7. The molecule has 0 radical (unpaired) electrons. The second-order valence-corrected chi connectivity index (χ2v) is 9.11. The quantitative estimate of drug-likeness (QED) is 0.185. The van der Waals surface area contributed by atoms with E-state index < -0.39 is 4.83 Å². The van der Waals surface area contributed by atoms with Crippen molar-refractivity contribution in [1.29, 1.82) is 0 Å². The molecule has 25 heavy (non-hydrogen) atoms. The topological polar surface area (TPSA) is 26.3 Å². The molecular weight excluding hydrogens is 580 g/mol. The fourth-order valence-corrected chi connectivity index (χ4v) is 4.74. The van der Waals surface area contributed by atoms with Crippen LogP contribution in [0.15, 0.2) is 68.0 Å². The van der Waals surface area contributed by atoms with Crippen molar-refractivity contribution in [2.75, 3.05) is 0 Å². The van der Waals surface area contributed by atoms with E-state index in [0.717, 1.165) is 29.8 Å². The molecule has 0 fully saturated rings. The third-order valence-electron chi connectivity index (χ3n) is 3.66. The molecule has 0 heterocycles. The molecule has 0 unspecified atom stereocenters. The number of hydrogen-bond donors (Lipinski definition) is 0. The van der Waals surface area contributed by atoms with E-state index in [0.29, 0.717) is 12.2 Å². The molecule has 0 spiro atoms. The van der Waals surface area contributed by atoms with Gasteiger partial charge >= 0.3 is 5.97 Å². The van der Waals surface area contributed by atoms with Gasteiger partial charge in [0.2, 0.25) is 0 Å². The molecule has 0 aromatic heterocycles. The average Bonchev–Trinajstić information content (AvgIpc) is 2.59. The Bertz CT molecular complexity index is 926. The Labute approximate surface area is 179 Å². The lowest BCUT2D eigenvalue weighted by molar-refractivity contribution is -0.133. The number of halogens is 4. The van der Waals surface area contributed by atoms with Crippen LogP contribution in [-0.4, -0.2) is 10.8 Å². The van der Waals surface area contributed by atoms with E-state index in [1.165, 1.54) is 0 Å². The minimum absolute atomic E-state index is 0.332. The van der Waals surface area contributed by atoms with Gasteiger partial charge in [0.15, 0.2) is 5.75 Å². The number of benzene rings is 3. The summed E-state index contributed by atoms with van der Waals surface area (Å²) in [4.78, 5) is 12.1. The number of carbonyl (C=O) groups is 1. The Balaban J connectivity index is 1.84. The molecule has 0 bridgehead atoms. The number of rotatable bonds is 4. The van der Waals surface area contributed by atoms with Gasteiger partial charge in [-0.1, -0.05) is 68.3 Å². The highest BCUT2D eigenvalue weighted by molar-refractivity contribution is 9.11. The van der Waals surface area contributed by atoms with Crippen LogP contribution in [0.3, 0.4) is 0 Å². The van der Waals surface area contributed by atoms with Crippen LogP contribution in [0.4, 0.5) is 0 Å². The summed E-state index contributed by atoms with van der Waals surface area (Å²) in [6.45, 7) is 0. The van der Waals surface area contributed by atoms with E-state index in [2.05, 4.69) is 63.7 Å². The molecule has 0 saturated carbocycles. The zero-order valence-electron chi connectivity index (χ0n) is 12.8. The third-order valence-corrected chi connectivity index (χ3v) is 6.23. The lowest BCUT2D eigenvalue weighted by Gasteiger charge is -2.14. The van der Waals surface area contributed by atoms with Crippen molar-refractivity contribution in [2.24, 2.45) is 0 Å². The minimum atomic E-state index is -0.422. The summed E-state index contributed by atoms with van der Waals surface area (Å²) >= 11 is 14.0. The first-order valence-corrected chi connectivity index (χ1v) is 10.7. The summed E-state index contributed by atoms with van der Waals surface area (Å²) in [7, 11) is 0. The summed E-state index contributed by atoms with van der Waals surface area (Å²) < 4.78 is 8.12. The van der Waals surface area contributed by atoms with Crippen LogP contribution in [-0.2, 0) is 11.2 Å². The van der Waals surface area contributed by atoms with Gasteiger partial charge in [0, 0.05) is 4.47 Å². The molecule has 128 valence electrons. The van der Waals surface area contributed by atoms with E-state index in [1.54, 1.807) is 0 Å². The Morgan fingerprint density at radius 3 is 2.44 bits per heavy atom. The fourth-order valence-electron chi connectivity index (χ4n) is 2.44. The molecule has 0 saturated heterocycles. The van der Waals surface area contributed by atoms with Gasteiger partial charge in [-0.15, -0.1) is 0 Å². The highest BCUT2D eigenvalue weighted by Crippen LogP contribution is 2.40. The predicted molar refractivity (Wildman–Crippen MR) is 116 cm³/mol. The number of esters is 1. The van der Waals surface area contributed by atoms with Gasteiger partial charge in [-0.05, 0) is 72.8 Å². The highest BCUT2D eigenvalue weighted by atomic mass is 79.9. The normalized spacial score (nSPS) is 12.2. The maximum atomic E-state index is 12.5. The molecule has 0 aliphatic rings. The van der Waals surface area contributed by atoms with E-state index in [1.807, 2.05) is 54.6 Å². The highest BCUT2D eigenvalue weighted by Gasteiger charge is 2.21. The minimum Gasteiger partial charge on any atom is -0.423 e. The van der Waals surface area contributed by atoms with Crippen molar-refractivity contribution in [3.05, 3.63) is 73.6 Å². The number of hydrogen-bond acceptors (Lipinski definition) is 2. The molecule has 3 rings (SSSR count). The summed E-state index contributed by atoms with van der Waals surface area (Å²) in [5.41, 5.74) is 1.07. The standard InChI is InChI=1S/C19H12Br4O2/c20-13-6-7-14-12(9-13)10-15(21)18(17(14)23)25-19(24)16(22)8-11-4-2-1-3-5-11/h1-7,9-10,16H,8H2/t16-/m0/s1. The van der Waals surface area contributed by atoms with Crippen molar-refractivity contribution in [3.63, 3.8) is 0 Å². The van der Waals surface area contributed by atoms with Gasteiger partial charge in [0.1, 0.15) is 4.83 Å². The monoisotopic (exact) mass is 588 g/mol. The first kappa shape index (κ1) is 19.1. The summed E-state index contributed by atoms with van der Waals surface area (Å²) in [5, 5.41) is 2.01. The molecule has 0 amide bonds. The molecule has 0 N–H and O–H groups in total. The fraction of sp³-hybridized carbons (Fsp3) is 0.105. The Morgan fingerprint density at radius 1 is 1.00 bits per heavy atom. The summed E-state index contributed by atoms with van der Waals surface area (Å²) in [6.07, 6.45) is 0.565. The van der Waals surface area contributed by atoms with E-state index >= 15 is 0 Å².